The third-order valence-corrected chi connectivity index (χ3v) is 2.96. The highest BCUT2D eigenvalue weighted by atomic mass is 16.2. The quantitative estimate of drug-likeness (QED) is 0.800. The van der Waals surface area contributed by atoms with Crippen LogP contribution < -0.4 is 10.6 Å². The van der Waals surface area contributed by atoms with Gasteiger partial charge in [-0.05, 0) is 17.7 Å². The van der Waals surface area contributed by atoms with Crippen LogP contribution in [0.2, 0.25) is 0 Å². The van der Waals surface area contributed by atoms with Crippen molar-refractivity contribution in [3.05, 3.63) is 78.1 Å². The van der Waals surface area contributed by atoms with Gasteiger partial charge in [-0.1, -0.05) is 36.4 Å². The van der Waals surface area contributed by atoms with E-state index >= 15 is 0 Å². The van der Waals surface area contributed by atoms with Crippen molar-refractivity contribution in [2.45, 2.75) is 6.54 Å². The van der Waals surface area contributed by atoms with E-state index in [1.807, 2.05) is 30.3 Å². The van der Waals surface area contributed by atoms with Crippen molar-refractivity contribution in [3.63, 3.8) is 0 Å². The standard InChI is InChI=1S/C17H17N3O2/c1-2-9-19-17(22)15-11-14(8-10-18-15)16(21)20-12-13-6-4-3-5-7-13/h2-8,10-11H,1,9,12H2,(H,19,22)(H,20,21). The van der Waals surface area contributed by atoms with Gasteiger partial charge in [0.25, 0.3) is 11.8 Å². The van der Waals surface area contributed by atoms with Gasteiger partial charge in [0.15, 0.2) is 0 Å². The smallest absolute Gasteiger partial charge is 0.270 e. The van der Waals surface area contributed by atoms with Crippen LogP contribution in [-0.2, 0) is 6.54 Å². The summed E-state index contributed by atoms with van der Waals surface area (Å²) in [6.07, 6.45) is 3.02. The van der Waals surface area contributed by atoms with Crippen molar-refractivity contribution in [1.29, 1.82) is 0 Å². The molecule has 0 aliphatic rings. The first-order valence-electron chi connectivity index (χ1n) is 6.88. The second kappa shape index (κ2) is 7.73. The summed E-state index contributed by atoms with van der Waals surface area (Å²) in [5.74, 6) is -0.582. The molecule has 2 amide bonds. The molecule has 0 bridgehead atoms. The van der Waals surface area contributed by atoms with E-state index in [0.29, 0.717) is 18.7 Å². The highest BCUT2D eigenvalue weighted by Gasteiger charge is 2.11. The summed E-state index contributed by atoms with van der Waals surface area (Å²) >= 11 is 0. The highest BCUT2D eigenvalue weighted by molar-refractivity contribution is 5.98. The van der Waals surface area contributed by atoms with Crippen LogP contribution in [0.3, 0.4) is 0 Å². The summed E-state index contributed by atoms with van der Waals surface area (Å²) in [6.45, 7) is 4.31. The molecule has 1 aromatic heterocycles. The van der Waals surface area contributed by atoms with Crippen LogP contribution in [-0.4, -0.2) is 23.3 Å². The Morgan fingerprint density at radius 3 is 2.59 bits per heavy atom. The Labute approximate surface area is 129 Å². The van der Waals surface area contributed by atoms with Crippen LogP contribution in [0, 0.1) is 0 Å². The minimum Gasteiger partial charge on any atom is -0.348 e. The van der Waals surface area contributed by atoms with E-state index in [0.717, 1.165) is 5.56 Å². The first-order valence-corrected chi connectivity index (χ1v) is 6.88. The predicted octanol–water partition coefficient (Wildman–Crippen LogP) is 1.93. The zero-order valence-electron chi connectivity index (χ0n) is 12.1. The molecular formula is C17H17N3O2. The molecule has 1 heterocycles. The van der Waals surface area contributed by atoms with Crippen LogP contribution in [0.15, 0.2) is 61.3 Å². The maximum absolute atomic E-state index is 12.1. The number of pyridine rings is 1. The Morgan fingerprint density at radius 2 is 1.86 bits per heavy atom. The van der Waals surface area contributed by atoms with Gasteiger partial charge in [0.05, 0.1) is 0 Å². The number of rotatable bonds is 6. The van der Waals surface area contributed by atoms with Crippen molar-refractivity contribution < 1.29 is 9.59 Å². The SMILES string of the molecule is C=CCNC(=O)c1cc(C(=O)NCc2ccccc2)ccn1. The van der Waals surface area contributed by atoms with Gasteiger partial charge in [-0.15, -0.1) is 6.58 Å². The van der Waals surface area contributed by atoms with Crippen molar-refractivity contribution in [2.24, 2.45) is 0 Å². The minimum atomic E-state index is -0.336. The Morgan fingerprint density at radius 1 is 1.09 bits per heavy atom. The number of carbonyl (C=O) groups excluding carboxylic acids is 2. The van der Waals surface area contributed by atoms with Crippen molar-refractivity contribution >= 4 is 11.8 Å². The number of aromatic nitrogens is 1. The lowest BCUT2D eigenvalue weighted by atomic mass is 10.2. The number of nitrogens with one attached hydrogen (secondary N) is 2. The number of benzene rings is 1. The molecule has 0 aliphatic carbocycles. The molecule has 0 aliphatic heterocycles. The van der Waals surface area contributed by atoms with E-state index in [1.165, 1.54) is 12.3 Å². The first-order chi connectivity index (χ1) is 10.7. The lowest BCUT2D eigenvalue weighted by Gasteiger charge is -2.07. The molecule has 0 saturated heterocycles. The topological polar surface area (TPSA) is 71.1 Å². The third-order valence-electron chi connectivity index (χ3n) is 2.96. The maximum Gasteiger partial charge on any atom is 0.270 e. The second-order valence-electron chi connectivity index (χ2n) is 4.60. The van der Waals surface area contributed by atoms with Crippen molar-refractivity contribution in [2.75, 3.05) is 6.54 Å². The molecule has 0 radical (unpaired) electrons. The fraction of sp³-hybridized carbons (Fsp3) is 0.118. The van der Waals surface area contributed by atoms with E-state index in [1.54, 1.807) is 12.1 Å². The van der Waals surface area contributed by atoms with Gasteiger partial charge in [0.1, 0.15) is 5.69 Å². The Bertz CT molecular complexity index is 669. The second-order valence-corrected chi connectivity index (χ2v) is 4.60. The zero-order valence-corrected chi connectivity index (χ0v) is 12.1. The molecule has 2 aromatic rings. The molecule has 0 unspecified atom stereocenters. The monoisotopic (exact) mass is 295 g/mol. The van der Waals surface area contributed by atoms with Gasteiger partial charge in [0, 0.05) is 24.8 Å². The lowest BCUT2D eigenvalue weighted by Crippen LogP contribution is -2.26. The fourth-order valence-corrected chi connectivity index (χ4v) is 1.83. The van der Waals surface area contributed by atoms with E-state index in [2.05, 4.69) is 22.2 Å². The molecular weight excluding hydrogens is 278 g/mol. The maximum atomic E-state index is 12.1. The van der Waals surface area contributed by atoms with Crippen molar-refractivity contribution in [1.82, 2.24) is 15.6 Å². The van der Waals surface area contributed by atoms with Gasteiger partial charge in [-0.25, -0.2) is 0 Å². The summed E-state index contributed by atoms with van der Waals surface area (Å²) in [5, 5.41) is 5.43. The zero-order chi connectivity index (χ0) is 15.8. The molecule has 0 atom stereocenters. The lowest BCUT2D eigenvalue weighted by molar-refractivity contribution is 0.0951. The molecule has 0 spiro atoms. The Hall–Kier alpha value is -2.95. The van der Waals surface area contributed by atoms with Crippen LogP contribution in [0.1, 0.15) is 26.4 Å². The van der Waals surface area contributed by atoms with Gasteiger partial charge < -0.3 is 10.6 Å². The minimum absolute atomic E-state index is 0.203. The predicted molar refractivity (Wildman–Crippen MR) is 84.4 cm³/mol. The largest absolute Gasteiger partial charge is 0.348 e. The summed E-state index contributed by atoms with van der Waals surface area (Å²) in [5.41, 5.74) is 1.61. The van der Waals surface area contributed by atoms with Crippen molar-refractivity contribution in [3.8, 4) is 0 Å². The molecule has 1 aromatic carbocycles. The van der Waals surface area contributed by atoms with Crippen LogP contribution in [0.5, 0.6) is 0 Å². The summed E-state index contributed by atoms with van der Waals surface area (Å²) < 4.78 is 0. The number of hydrogen-bond acceptors (Lipinski definition) is 3. The van der Waals surface area contributed by atoms with Gasteiger partial charge in [0.2, 0.25) is 0 Å². The van der Waals surface area contributed by atoms with E-state index in [-0.39, 0.29) is 17.5 Å². The first kappa shape index (κ1) is 15.4. The van der Waals surface area contributed by atoms with Crippen LogP contribution in [0.25, 0.3) is 0 Å². The Kier molecular flexibility index (Phi) is 5.43. The third kappa shape index (κ3) is 4.28. The number of nitrogens with zero attached hydrogens (tertiary/aromatic N) is 1. The molecule has 5 nitrogen and oxygen atoms in total. The molecule has 112 valence electrons. The van der Waals surface area contributed by atoms with Crippen LogP contribution in [0.4, 0.5) is 0 Å². The van der Waals surface area contributed by atoms with Gasteiger partial charge >= 0.3 is 0 Å². The van der Waals surface area contributed by atoms with E-state index in [4.69, 9.17) is 0 Å². The van der Waals surface area contributed by atoms with Gasteiger partial charge in [-0.3, -0.25) is 14.6 Å². The normalized spacial score (nSPS) is 9.82. The molecule has 0 fully saturated rings. The molecule has 5 heteroatoms. The molecule has 0 saturated carbocycles. The van der Waals surface area contributed by atoms with E-state index in [9.17, 15) is 9.59 Å². The number of amides is 2. The number of carbonyl (C=O) groups is 2. The summed E-state index contributed by atoms with van der Waals surface area (Å²) in [7, 11) is 0. The summed E-state index contributed by atoms with van der Waals surface area (Å²) in [6, 6.07) is 12.7. The average Bonchev–Trinajstić information content (AvgIpc) is 2.58. The van der Waals surface area contributed by atoms with Crippen LogP contribution >= 0.6 is 0 Å². The molecule has 22 heavy (non-hydrogen) atoms. The number of hydrogen-bond donors (Lipinski definition) is 2. The summed E-state index contributed by atoms with van der Waals surface area (Å²) in [4.78, 5) is 27.9. The average molecular weight is 295 g/mol. The molecule has 2 N–H and O–H groups in total. The van der Waals surface area contributed by atoms with E-state index < -0.39 is 0 Å². The van der Waals surface area contributed by atoms with Gasteiger partial charge in [-0.2, -0.15) is 0 Å². The molecule has 2 rings (SSSR count). The fourth-order valence-electron chi connectivity index (χ4n) is 1.83. The highest BCUT2D eigenvalue weighted by Crippen LogP contribution is 2.04. The Balaban J connectivity index is 2.00.